The molecule has 1 unspecified atom stereocenters. The fourth-order valence-corrected chi connectivity index (χ4v) is 3.60. The Kier molecular flexibility index (Phi) is 11.8. The van der Waals surface area contributed by atoms with Crippen molar-refractivity contribution in [3.05, 3.63) is 59.7 Å². The smallest absolute Gasteiger partial charge is 0.460 e. The number of carboxylic acids is 1. The highest BCUT2D eigenvalue weighted by atomic mass is 19.4. The number of anilines is 1. The molecule has 1 atom stereocenters. The SMILES string of the molecule is CCOC(Cc1ccc(OCCN(CC(F)(F)C(F)(F)C(F)(F)C(F)(F)C(F)(F)F)C(=O)Nc2ccc(F)c(F)c2)cc1)C(=O)O. The summed E-state index contributed by atoms with van der Waals surface area (Å²) in [7, 11) is 0. The first-order valence-corrected chi connectivity index (χ1v) is 12.6. The maximum atomic E-state index is 14.5. The molecule has 7 nitrogen and oxygen atoms in total. The van der Waals surface area contributed by atoms with E-state index in [1.165, 1.54) is 24.3 Å². The van der Waals surface area contributed by atoms with E-state index in [0.717, 1.165) is 0 Å². The van der Waals surface area contributed by atoms with E-state index >= 15 is 0 Å². The summed E-state index contributed by atoms with van der Waals surface area (Å²) in [5.41, 5.74) is -0.291. The minimum absolute atomic E-state index is 0.0751. The summed E-state index contributed by atoms with van der Waals surface area (Å²) >= 11 is 0. The molecule has 0 saturated heterocycles. The quantitative estimate of drug-likeness (QED) is 0.197. The van der Waals surface area contributed by atoms with Gasteiger partial charge in [0.1, 0.15) is 12.4 Å². The van der Waals surface area contributed by atoms with Crippen molar-refractivity contribution in [1.29, 1.82) is 0 Å². The van der Waals surface area contributed by atoms with Crippen LogP contribution in [-0.4, -0.2) is 84.3 Å². The van der Waals surface area contributed by atoms with E-state index in [1.807, 2.05) is 0 Å². The standard InChI is InChI=1S/C26H23F13N2O5/c1-2-45-19(20(42)43)11-14-3-6-16(7-4-14)46-10-9-41(21(44)40-15-5-8-17(27)18(28)12-15)13-22(29,30)23(31,32)24(33,34)25(35,36)26(37,38)39/h3-8,12,19H,2,9-11,13H2,1H3,(H,40,44)(H,42,43). The van der Waals surface area contributed by atoms with Crippen LogP contribution in [0.15, 0.2) is 42.5 Å². The Balaban J connectivity index is 2.30. The number of urea groups is 1. The minimum atomic E-state index is -7.72. The van der Waals surface area contributed by atoms with E-state index in [2.05, 4.69) is 0 Å². The zero-order valence-corrected chi connectivity index (χ0v) is 23.1. The van der Waals surface area contributed by atoms with Crippen LogP contribution in [0, 0.1) is 11.6 Å². The molecule has 2 amide bonds. The molecule has 258 valence electrons. The third-order valence-electron chi connectivity index (χ3n) is 6.07. The Hall–Kier alpha value is -3.97. The Morgan fingerprint density at radius 3 is 1.93 bits per heavy atom. The molecule has 46 heavy (non-hydrogen) atoms. The first-order chi connectivity index (χ1) is 21.0. The number of aliphatic carboxylic acids is 1. The van der Waals surface area contributed by atoms with Crippen molar-refractivity contribution < 1.29 is 81.2 Å². The van der Waals surface area contributed by atoms with Gasteiger partial charge in [-0.05, 0) is 36.8 Å². The molecule has 0 aliphatic rings. The van der Waals surface area contributed by atoms with E-state index in [0.29, 0.717) is 17.7 Å². The van der Waals surface area contributed by atoms with E-state index in [4.69, 9.17) is 14.6 Å². The van der Waals surface area contributed by atoms with Crippen LogP contribution in [-0.2, 0) is 16.0 Å². The average Bonchev–Trinajstić information content (AvgIpc) is 2.94. The monoisotopic (exact) mass is 690 g/mol. The second kappa shape index (κ2) is 14.2. The van der Waals surface area contributed by atoms with Crippen LogP contribution in [0.4, 0.5) is 67.6 Å². The van der Waals surface area contributed by atoms with Gasteiger partial charge >= 0.3 is 41.9 Å². The van der Waals surface area contributed by atoms with Crippen LogP contribution in [0.1, 0.15) is 12.5 Å². The van der Waals surface area contributed by atoms with E-state index in [-0.39, 0.29) is 24.8 Å². The van der Waals surface area contributed by atoms with E-state index in [1.54, 1.807) is 12.2 Å². The number of amides is 2. The van der Waals surface area contributed by atoms with Gasteiger partial charge < -0.3 is 24.8 Å². The summed E-state index contributed by atoms with van der Waals surface area (Å²) in [5, 5.41) is 10.8. The Bertz CT molecular complexity index is 1350. The van der Waals surface area contributed by atoms with Gasteiger partial charge in [-0.25, -0.2) is 18.4 Å². The maximum absolute atomic E-state index is 14.5. The highest BCUT2D eigenvalue weighted by Gasteiger charge is 2.87. The van der Waals surface area contributed by atoms with Crippen LogP contribution in [0.2, 0.25) is 0 Å². The molecule has 2 aromatic rings. The Labute approximate surface area is 250 Å². The Morgan fingerprint density at radius 2 is 1.43 bits per heavy atom. The molecule has 2 aromatic carbocycles. The number of carbonyl (C=O) groups is 2. The normalized spacial score (nSPS) is 13.7. The summed E-state index contributed by atoms with van der Waals surface area (Å²) < 4.78 is 186. The molecule has 0 heterocycles. The van der Waals surface area contributed by atoms with Crippen LogP contribution in [0.3, 0.4) is 0 Å². The number of carbonyl (C=O) groups excluding carboxylic acids is 1. The largest absolute Gasteiger partial charge is 0.492 e. The van der Waals surface area contributed by atoms with Gasteiger partial charge in [0.05, 0.1) is 13.1 Å². The van der Waals surface area contributed by atoms with Crippen molar-refractivity contribution in [2.24, 2.45) is 0 Å². The van der Waals surface area contributed by atoms with Crippen molar-refractivity contribution in [3.63, 3.8) is 0 Å². The summed E-state index contributed by atoms with van der Waals surface area (Å²) in [6.45, 7) is -3.43. The summed E-state index contributed by atoms with van der Waals surface area (Å²) in [5.74, 6) is -33.7. The number of nitrogens with zero attached hydrogens (tertiary/aromatic N) is 1. The lowest BCUT2D eigenvalue weighted by Gasteiger charge is -2.38. The van der Waals surface area contributed by atoms with Gasteiger partial charge in [0, 0.05) is 24.8 Å². The number of ether oxygens (including phenoxy) is 2. The molecule has 2 N–H and O–H groups in total. The zero-order valence-electron chi connectivity index (χ0n) is 23.1. The van der Waals surface area contributed by atoms with Gasteiger partial charge in [-0.1, -0.05) is 12.1 Å². The molecule has 0 fully saturated rings. The van der Waals surface area contributed by atoms with Crippen molar-refractivity contribution in [2.45, 2.75) is 49.3 Å². The first kappa shape index (κ1) is 38.2. The van der Waals surface area contributed by atoms with Gasteiger partial charge in [-0.2, -0.15) is 48.3 Å². The number of nitrogens with one attached hydrogen (secondary N) is 1. The van der Waals surface area contributed by atoms with E-state index < -0.39 is 89.9 Å². The molecular weight excluding hydrogens is 667 g/mol. The molecule has 0 aliphatic carbocycles. The fraction of sp³-hybridized carbons (Fsp3) is 0.462. The van der Waals surface area contributed by atoms with Crippen LogP contribution >= 0.6 is 0 Å². The number of hydrogen-bond acceptors (Lipinski definition) is 4. The van der Waals surface area contributed by atoms with Crippen molar-refractivity contribution in [2.75, 3.05) is 31.6 Å². The van der Waals surface area contributed by atoms with Crippen LogP contribution in [0.5, 0.6) is 5.75 Å². The fourth-order valence-electron chi connectivity index (χ4n) is 3.60. The number of hydrogen-bond donors (Lipinski definition) is 2. The number of benzene rings is 2. The predicted octanol–water partition coefficient (Wildman–Crippen LogP) is 7.01. The molecule has 0 spiro atoms. The number of rotatable bonds is 15. The third kappa shape index (κ3) is 8.43. The van der Waals surface area contributed by atoms with Crippen LogP contribution < -0.4 is 10.1 Å². The topological polar surface area (TPSA) is 88.1 Å². The lowest BCUT2D eigenvalue weighted by Crippen LogP contribution is -2.68. The predicted molar refractivity (Wildman–Crippen MR) is 131 cm³/mol. The molecule has 0 bridgehead atoms. The first-order valence-electron chi connectivity index (χ1n) is 12.6. The average molecular weight is 690 g/mol. The number of halogens is 13. The molecule has 0 aliphatic heterocycles. The molecule has 0 radical (unpaired) electrons. The minimum Gasteiger partial charge on any atom is -0.492 e. The van der Waals surface area contributed by atoms with Crippen molar-refractivity contribution in [1.82, 2.24) is 4.90 Å². The van der Waals surface area contributed by atoms with Gasteiger partial charge in [0.15, 0.2) is 17.7 Å². The molecule has 2 rings (SSSR count). The zero-order chi connectivity index (χ0) is 35.3. The Morgan fingerprint density at radius 1 is 0.848 bits per heavy atom. The maximum Gasteiger partial charge on any atom is 0.460 e. The van der Waals surface area contributed by atoms with E-state index in [9.17, 15) is 66.7 Å². The lowest BCUT2D eigenvalue weighted by atomic mass is 9.97. The molecule has 0 aromatic heterocycles. The highest BCUT2D eigenvalue weighted by Crippen LogP contribution is 2.57. The summed E-state index contributed by atoms with van der Waals surface area (Å²) in [6, 6.07) is 4.51. The lowest BCUT2D eigenvalue weighted by molar-refractivity contribution is -0.422. The highest BCUT2D eigenvalue weighted by molar-refractivity contribution is 5.89. The van der Waals surface area contributed by atoms with Gasteiger partial charge in [0.2, 0.25) is 0 Å². The molecular formula is C26H23F13N2O5. The second-order valence-electron chi connectivity index (χ2n) is 9.38. The second-order valence-corrected chi connectivity index (χ2v) is 9.38. The van der Waals surface area contributed by atoms with Crippen molar-refractivity contribution in [3.8, 4) is 5.75 Å². The van der Waals surface area contributed by atoms with Crippen LogP contribution in [0.25, 0.3) is 0 Å². The number of carboxylic acid groups (broad SMARTS) is 1. The van der Waals surface area contributed by atoms with Gasteiger partial charge in [-0.15, -0.1) is 0 Å². The third-order valence-corrected chi connectivity index (χ3v) is 6.07. The van der Waals surface area contributed by atoms with Gasteiger partial charge in [-0.3, -0.25) is 0 Å². The molecule has 0 saturated carbocycles. The summed E-state index contributed by atoms with van der Waals surface area (Å²) in [6.07, 6.45) is -8.72. The molecule has 20 heteroatoms. The summed E-state index contributed by atoms with van der Waals surface area (Å²) in [4.78, 5) is 23.4. The number of alkyl halides is 11. The van der Waals surface area contributed by atoms with Crippen molar-refractivity contribution >= 4 is 17.7 Å². The van der Waals surface area contributed by atoms with Gasteiger partial charge in [0.25, 0.3) is 0 Å².